The number of carboxylic acids is 1. The van der Waals surface area contributed by atoms with Crippen LogP contribution in [0.25, 0.3) is 0 Å². The standard InChI is InChI=1S/C17H26O2/c1-10(4-15(18)19)17(2-3-17)16-13-6-11-5-12(8-13)9-14(16)7-11/h10-14,16H,2-9H2,1H3,(H,18,19). The van der Waals surface area contributed by atoms with Gasteiger partial charge >= 0.3 is 5.97 Å². The average Bonchev–Trinajstić information content (AvgIpc) is 3.08. The first-order valence-corrected chi connectivity index (χ1v) is 8.30. The lowest BCUT2D eigenvalue weighted by molar-refractivity contribution is -0.140. The van der Waals surface area contributed by atoms with Gasteiger partial charge < -0.3 is 5.11 Å². The molecule has 19 heavy (non-hydrogen) atoms. The summed E-state index contributed by atoms with van der Waals surface area (Å²) in [6.45, 7) is 2.21. The van der Waals surface area contributed by atoms with Crippen LogP contribution in [0.5, 0.6) is 0 Å². The van der Waals surface area contributed by atoms with Gasteiger partial charge in [0.2, 0.25) is 0 Å². The molecular weight excluding hydrogens is 236 g/mol. The molecule has 5 fully saturated rings. The molecule has 0 amide bonds. The number of carboxylic acid groups (broad SMARTS) is 1. The van der Waals surface area contributed by atoms with Crippen LogP contribution in [0, 0.1) is 40.9 Å². The van der Waals surface area contributed by atoms with E-state index in [1.54, 1.807) is 0 Å². The molecule has 2 nitrogen and oxygen atoms in total. The molecule has 4 bridgehead atoms. The maximum Gasteiger partial charge on any atom is 0.303 e. The predicted molar refractivity (Wildman–Crippen MR) is 73.6 cm³/mol. The highest BCUT2D eigenvalue weighted by atomic mass is 16.4. The molecule has 0 aromatic heterocycles. The van der Waals surface area contributed by atoms with Crippen molar-refractivity contribution in [3.05, 3.63) is 0 Å². The van der Waals surface area contributed by atoms with E-state index in [-0.39, 0.29) is 0 Å². The Kier molecular flexibility index (Phi) is 2.57. The third-order valence-corrected chi connectivity index (χ3v) is 7.18. The first-order chi connectivity index (χ1) is 9.08. The van der Waals surface area contributed by atoms with Crippen LogP contribution in [0.15, 0.2) is 0 Å². The van der Waals surface area contributed by atoms with Crippen LogP contribution in [0.2, 0.25) is 0 Å². The van der Waals surface area contributed by atoms with Gasteiger partial charge in [-0.15, -0.1) is 0 Å². The minimum Gasteiger partial charge on any atom is -0.481 e. The smallest absolute Gasteiger partial charge is 0.303 e. The van der Waals surface area contributed by atoms with E-state index in [4.69, 9.17) is 5.11 Å². The molecule has 106 valence electrons. The number of carbonyl (C=O) groups is 1. The fourth-order valence-electron chi connectivity index (χ4n) is 6.63. The van der Waals surface area contributed by atoms with Crippen molar-refractivity contribution in [3.8, 4) is 0 Å². The lowest BCUT2D eigenvalue weighted by atomic mass is 9.47. The summed E-state index contributed by atoms with van der Waals surface area (Å²) in [7, 11) is 0. The monoisotopic (exact) mass is 262 g/mol. The minimum atomic E-state index is -0.595. The predicted octanol–water partition coefficient (Wildman–Crippen LogP) is 3.95. The average molecular weight is 262 g/mol. The zero-order valence-corrected chi connectivity index (χ0v) is 12.0. The lowest BCUT2D eigenvalue weighted by Gasteiger charge is -2.57. The second kappa shape index (κ2) is 3.99. The van der Waals surface area contributed by atoms with Gasteiger partial charge in [0, 0.05) is 6.42 Å². The third kappa shape index (κ3) is 1.78. The quantitative estimate of drug-likeness (QED) is 0.833. The van der Waals surface area contributed by atoms with Crippen molar-refractivity contribution in [3.63, 3.8) is 0 Å². The van der Waals surface area contributed by atoms with Gasteiger partial charge in [0.05, 0.1) is 0 Å². The molecule has 5 rings (SSSR count). The van der Waals surface area contributed by atoms with E-state index >= 15 is 0 Å². The van der Waals surface area contributed by atoms with Crippen molar-refractivity contribution < 1.29 is 9.90 Å². The Labute approximate surface area is 116 Å². The van der Waals surface area contributed by atoms with Crippen molar-refractivity contribution in [2.75, 3.05) is 0 Å². The van der Waals surface area contributed by atoms with Gasteiger partial charge in [0.1, 0.15) is 0 Å². The first-order valence-electron chi connectivity index (χ1n) is 8.30. The van der Waals surface area contributed by atoms with Crippen LogP contribution in [-0.2, 0) is 4.79 Å². The third-order valence-electron chi connectivity index (χ3n) is 7.18. The molecule has 0 aliphatic heterocycles. The molecule has 1 atom stereocenters. The van der Waals surface area contributed by atoms with E-state index in [0.29, 0.717) is 17.8 Å². The maximum atomic E-state index is 11.1. The summed E-state index contributed by atoms with van der Waals surface area (Å²) in [6, 6.07) is 0. The maximum absolute atomic E-state index is 11.1. The molecule has 5 saturated carbocycles. The van der Waals surface area contributed by atoms with E-state index in [1.165, 1.54) is 44.9 Å². The Morgan fingerprint density at radius 3 is 2.05 bits per heavy atom. The van der Waals surface area contributed by atoms with E-state index in [9.17, 15) is 4.79 Å². The summed E-state index contributed by atoms with van der Waals surface area (Å²) in [6.07, 6.45) is 10.4. The second-order valence-electron chi connectivity index (χ2n) is 8.19. The van der Waals surface area contributed by atoms with Crippen LogP contribution in [0.1, 0.15) is 58.3 Å². The Morgan fingerprint density at radius 2 is 1.63 bits per heavy atom. The number of hydrogen-bond donors (Lipinski definition) is 1. The van der Waals surface area contributed by atoms with Crippen molar-refractivity contribution in [1.29, 1.82) is 0 Å². The summed E-state index contributed by atoms with van der Waals surface area (Å²) in [5.41, 5.74) is 0.432. The Bertz CT molecular complexity index is 368. The van der Waals surface area contributed by atoms with Crippen molar-refractivity contribution in [2.24, 2.45) is 40.9 Å². The van der Waals surface area contributed by atoms with Crippen molar-refractivity contribution in [2.45, 2.75) is 58.3 Å². The van der Waals surface area contributed by atoms with Crippen molar-refractivity contribution in [1.82, 2.24) is 0 Å². The normalized spacial score (nSPS) is 47.1. The van der Waals surface area contributed by atoms with Gasteiger partial charge in [-0.2, -0.15) is 0 Å². The van der Waals surface area contributed by atoms with Gasteiger partial charge in [-0.1, -0.05) is 6.92 Å². The first kappa shape index (κ1) is 12.2. The van der Waals surface area contributed by atoms with Gasteiger partial charge in [0.25, 0.3) is 0 Å². The summed E-state index contributed by atoms with van der Waals surface area (Å²) >= 11 is 0. The molecule has 0 aromatic rings. The molecule has 1 unspecified atom stereocenters. The molecule has 0 saturated heterocycles. The number of hydrogen-bond acceptors (Lipinski definition) is 1. The van der Waals surface area contributed by atoms with E-state index in [1.807, 2.05) is 0 Å². The highest BCUT2D eigenvalue weighted by molar-refractivity contribution is 5.67. The van der Waals surface area contributed by atoms with Gasteiger partial charge in [-0.05, 0) is 85.9 Å². The van der Waals surface area contributed by atoms with Crippen LogP contribution in [0.4, 0.5) is 0 Å². The SMILES string of the molecule is CC(CC(=O)O)C1(C2C3CC4CC(C3)CC2C4)CC1. The lowest BCUT2D eigenvalue weighted by Crippen LogP contribution is -2.49. The fraction of sp³-hybridized carbons (Fsp3) is 0.941. The number of aliphatic carboxylic acids is 1. The summed E-state index contributed by atoms with van der Waals surface area (Å²) in [4.78, 5) is 11.1. The Hall–Kier alpha value is -0.530. The van der Waals surface area contributed by atoms with Crippen LogP contribution < -0.4 is 0 Å². The molecule has 1 N–H and O–H groups in total. The highest BCUT2D eigenvalue weighted by Gasteiger charge is 2.61. The summed E-state index contributed by atoms with van der Waals surface area (Å²) < 4.78 is 0. The zero-order valence-electron chi connectivity index (χ0n) is 12.0. The minimum absolute atomic E-state index is 0.392. The summed E-state index contributed by atoms with van der Waals surface area (Å²) in [5.74, 6) is 4.66. The summed E-state index contributed by atoms with van der Waals surface area (Å²) in [5, 5.41) is 9.13. The van der Waals surface area contributed by atoms with Gasteiger partial charge in [0.15, 0.2) is 0 Å². The van der Waals surface area contributed by atoms with Crippen LogP contribution in [0.3, 0.4) is 0 Å². The Balaban J connectivity index is 1.57. The van der Waals surface area contributed by atoms with E-state index < -0.39 is 5.97 Å². The molecule has 2 heteroatoms. The highest BCUT2D eigenvalue weighted by Crippen LogP contribution is 2.70. The zero-order chi connectivity index (χ0) is 13.2. The topological polar surface area (TPSA) is 37.3 Å². The molecule has 0 heterocycles. The fourth-order valence-corrected chi connectivity index (χ4v) is 6.63. The molecule has 5 aliphatic carbocycles. The second-order valence-corrected chi connectivity index (χ2v) is 8.19. The molecular formula is C17H26O2. The molecule has 0 aromatic carbocycles. The molecule has 0 spiro atoms. The largest absolute Gasteiger partial charge is 0.481 e. The van der Waals surface area contributed by atoms with E-state index in [2.05, 4.69) is 6.92 Å². The van der Waals surface area contributed by atoms with Gasteiger partial charge in [-0.25, -0.2) is 0 Å². The van der Waals surface area contributed by atoms with Crippen molar-refractivity contribution >= 4 is 5.97 Å². The number of rotatable bonds is 4. The van der Waals surface area contributed by atoms with Crippen LogP contribution in [-0.4, -0.2) is 11.1 Å². The Morgan fingerprint density at radius 1 is 1.11 bits per heavy atom. The molecule has 0 radical (unpaired) electrons. The molecule has 5 aliphatic rings. The van der Waals surface area contributed by atoms with Crippen LogP contribution >= 0.6 is 0 Å². The van der Waals surface area contributed by atoms with E-state index in [0.717, 1.165) is 29.6 Å². The van der Waals surface area contributed by atoms with Gasteiger partial charge in [-0.3, -0.25) is 4.79 Å².